The van der Waals surface area contributed by atoms with Crippen LogP contribution >= 0.6 is 0 Å². The first kappa shape index (κ1) is 19.4. The number of benzene rings is 2. The van der Waals surface area contributed by atoms with Crippen LogP contribution in [0.5, 0.6) is 5.75 Å². The smallest absolute Gasteiger partial charge is 0.332 e. The SMILES string of the molecule is CCOc1cccc2cc(-c3nc(-c4ccc(C)cc4)no3)/c(=N\OC(C)=O)oc12. The molecule has 0 amide bonds. The number of hydrogen-bond acceptors (Lipinski definition) is 8. The third-order valence-corrected chi connectivity index (χ3v) is 4.26. The maximum absolute atomic E-state index is 11.3. The summed E-state index contributed by atoms with van der Waals surface area (Å²) in [4.78, 5) is 20.6. The largest absolute Gasteiger partial charge is 0.490 e. The third-order valence-electron chi connectivity index (χ3n) is 4.26. The van der Waals surface area contributed by atoms with E-state index in [0.717, 1.165) is 16.5 Å². The molecule has 0 saturated heterocycles. The second-order valence-corrected chi connectivity index (χ2v) is 6.54. The summed E-state index contributed by atoms with van der Waals surface area (Å²) < 4.78 is 17.0. The molecule has 0 bridgehead atoms. The molecule has 2 aromatic heterocycles. The molecule has 8 nitrogen and oxygen atoms in total. The zero-order valence-electron chi connectivity index (χ0n) is 16.7. The lowest BCUT2D eigenvalue weighted by atomic mass is 10.1. The Labute approximate surface area is 171 Å². The van der Waals surface area contributed by atoms with Crippen molar-refractivity contribution in [2.75, 3.05) is 6.61 Å². The molecule has 0 spiro atoms. The zero-order valence-corrected chi connectivity index (χ0v) is 16.7. The number of ether oxygens (including phenoxy) is 1. The van der Waals surface area contributed by atoms with Gasteiger partial charge in [-0.2, -0.15) is 4.98 Å². The molecule has 4 aromatic rings. The van der Waals surface area contributed by atoms with E-state index in [4.69, 9.17) is 18.5 Å². The number of hydrogen-bond donors (Lipinski definition) is 0. The van der Waals surface area contributed by atoms with Gasteiger partial charge in [0.1, 0.15) is 5.56 Å². The molecule has 0 N–H and O–H groups in total. The topological polar surface area (TPSA) is 100.0 Å². The van der Waals surface area contributed by atoms with Gasteiger partial charge in [0.25, 0.3) is 11.4 Å². The Balaban J connectivity index is 1.87. The summed E-state index contributed by atoms with van der Waals surface area (Å²) in [6.45, 7) is 5.60. The second kappa shape index (κ2) is 8.20. The Morgan fingerprint density at radius 3 is 2.70 bits per heavy atom. The summed E-state index contributed by atoms with van der Waals surface area (Å²) >= 11 is 0. The minimum absolute atomic E-state index is 0.0176. The predicted molar refractivity (Wildman–Crippen MR) is 108 cm³/mol. The van der Waals surface area contributed by atoms with Crippen molar-refractivity contribution in [2.24, 2.45) is 5.16 Å². The van der Waals surface area contributed by atoms with Gasteiger partial charge in [0, 0.05) is 17.9 Å². The van der Waals surface area contributed by atoms with Crippen LogP contribution in [0.15, 0.2) is 62.6 Å². The van der Waals surface area contributed by atoms with Crippen molar-refractivity contribution in [2.45, 2.75) is 20.8 Å². The van der Waals surface area contributed by atoms with Crippen LogP contribution in [0.1, 0.15) is 19.4 Å². The van der Waals surface area contributed by atoms with Crippen molar-refractivity contribution >= 4 is 16.9 Å². The summed E-state index contributed by atoms with van der Waals surface area (Å²) in [5.41, 5.74) is 2.81. The highest BCUT2D eigenvalue weighted by Crippen LogP contribution is 2.28. The van der Waals surface area contributed by atoms with Crippen molar-refractivity contribution in [3.8, 4) is 28.6 Å². The van der Waals surface area contributed by atoms with E-state index in [-0.39, 0.29) is 11.4 Å². The van der Waals surface area contributed by atoms with Gasteiger partial charge in [0.15, 0.2) is 11.3 Å². The molecule has 0 aliphatic carbocycles. The lowest BCUT2D eigenvalue weighted by molar-refractivity contribution is -0.141. The molecule has 2 heterocycles. The van der Waals surface area contributed by atoms with E-state index in [1.807, 2.05) is 50.2 Å². The number of carbonyl (C=O) groups is 1. The van der Waals surface area contributed by atoms with Crippen molar-refractivity contribution in [3.63, 3.8) is 0 Å². The normalized spacial score (nSPS) is 11.6. The molecule has 2 aromatic carbocycles. The quantitative estimate of drug-likeness (QED) is 0.362. The molecule has 0 fully saturated rings. The Morgan fingerprint density at radius 1 is 1.17 bits per heavy atom. The fraction of sp³-hybridized carbons (Fsp3) is 0.182. The van der Waals surface area contributed by atoms with Gasteiger partial charge in [0.2, 0.25) is 5.82 Å². The molecular formula is C22H19N3O5. The number of rotatable bonds is 5. The van der Waals surface area contributed by atoms with E-state index in [1.165, 1.54) is 6.92 Å². The summed E-state index contributed by atoms with van der Waals surface area (Å²) in [5.74, 6) is 0.572. The van der Waals surface area contributed by atoms with Crippen molar-refractivity contribution < 1.29 is 23.3 Å². The van der Waals surface area contributed by atoms with Crippen LogP contribution in [-0.4, -0.2) is 22.7 Å². The third kappa shape index (κ3) is 3.93. The first-order valence-corrected chi connectivity index (χ1v) is 9.37. The number of aryl methyl sites for hydroxylation is 1. The number of fused-ring (bicyclic) bond motifs is 1. The van der Waals surface area contributed by atoms with Crippen LogP contribution < -0.4 is 10.3 Å². The first-order valence-electron chi connectivity index (χ1n) is 9.37. The number of para-hydroxylation sites is 1. The summed E-state index contributed by atoms with van der Waals surface area (Å²) in [7, 11) is 0. The van der Waals surface area contributed by atoms with E-state index in [2.05, 4.69) is 15.3 Å². The Kier molecular flexibility index (Phi) is 5.30. The molecule has 0 radical (unpaired) electrons. The fourth-order valence-electron chi connectivity index (χ4n) is 2.87. The van der Waals surface area contributed by atoms with Crippen molar-refractivity contribution in [3.05, 3.63) is 59.6 Å². The number of aromatic nitrogens is 2. The van der Waals surface area contributed by atoms with Gasteiger partial charge < -0.3 is 18.5 Å². The Morgan fingerprint density at radius 2 is 1.97 bits per heavy atom. The first-order chi connectivity index (χ1) is 14.5. The molecule has 0 aliphatic rings. The van der Waals surface area contributed by atoms with E-state index < -0.39 is 5.97 Å². The van der Waals surface area contributed by atoms with Crippen LogP contribution in [0, 0.1) is 6.92 Å². The molecule has 0 saturated carbocycles. The van der Waals surface area contributed by atoms with Gasteiger partial charge in [-0.1, -0.05) is 47.1 Å². The Hall–Kier alpha value is -3.94. The average molecular weight is 405 g/mol. The maximum atomic E-state index is 11.3. The molecule has 0 atom stereocenters. The molecular weight excluding hydrogens is 386 g/mol. The standard InChI is InChI=1S/C22H19N3O5/c1-4-27-18-7-5-6-16-12-17(22(28-19(16)18)25-29-14(3)26)21-23-20(24-30-21)15-10-8-13(2)9-11-15/h5-12H,4H2,1-3H3/b25-22+. The highest BCUT2D eigenvalue weighted by molar-refractivity contribution is 5.85. The minimum Gasteiger partial charge on any atom is -0.490 e. The van der Waals surface area contributed by atoms with Gasteiger partial charge >= 0.3 is 5.97 Å². The zero-order chi connectivity index (χ0) is 21.1. The maximum Gasteiger partial charge on any atom is 0.332 e. The lowest BCUT2D eigenvalue weighted by Gasteiger charge is -2.07. The lowest BCUT2D eigenvalue weighted by Crippen LogP contribution is -2.09. The molecule has 0 unspecified atom stereocenters. The van der Waals surface area contributed by atoms with Gasteiger partial charge in [-0.3, -0.25) is 0 Å². The van der Waals surface area contributed by atoms with Gasteiger partial charge in [-0.25, -0.2) is 4.79 Å². The number of carbonyl (C=O) groups excluding carboxylic acids is 1. The summed E-state index contributed by atoms with van der Waals surface area (Å²) in [6.07, 6.45) is 0. The highest BCUT2D eigenvalue weighted by atomic mass is 16.7. The molecule has 152 valence electrons. The van der Waals surface area contributed by atoms with Crippen LogP contribution in [0.4, 0.5) is 0 Å². The molecule has 8 heteroatoms. The summed E-state index contributed by atoms with van der Waals surface area (Å²) in [6, 6.07) is 15.0. The van der Waals surface area contributed by atoms with Gasteiger partial charge in [-0.05, 0) is 31.1 Å². The average Bonchev–Trinajstić information content (AvgIpc) is 3.22. The van der Waals surface area contributed by atoms with Gasteiger partial charge in [-0.15, -0.1) is 0 Å². The molecule has 4 rings (SSSR count). The van der Waals surface area contributed by atoms with E-state index in [9.17, 15) is 4.79 Å². The highest BCUT2D eigenvalue weighted by Gasteiger charge is 2.17. The van der Waals surface area contributed by atoms with E-state index >= 15 is 0 Å². The minimum atomic E-state index is -0.583. The summed E-state index contributed by atoms with van der Waals surface area (Å²) in [5, 5.41) is 8.62. The molecule has 0 aliphatic heterocycles. The Bertz CT molecular complexity index is 1270. The van der Waals surface area contributed by atoms with Crippen LogP contribution in [-0.2, 0) is 9.63 Å². The van der Waals surface area contributed by atoms with Gasteiger partial charge in [0.05, 0.1) is 6.61 Å². The monoisotopic (exact) mass is 405 g/mol. The van der Waals surface area contributed by atoms with E-state index in [1.54, 1.807) is 12.1 Å². The van der Waals surface area contributed by atoms with Crippen molar-refractivity contribution in [1.82, 2.24) is 10.1 Å². The van der Waals surface area contributed by atoms with Crippen LogP contribution in [0.2, 0.25) is 0 Å². The number of nitrogens with zero attached hydrogens (tertiary/aromatic N) is 3. The predicted octanol–water partition coefficient (Wildman–Crippen LogP) is 4.24. The van der Waals surface area contributed by atoms with Crippen molar-refractivity contribution in [1.29, 1.82) is 0 Å². The molecule has 30 heavy (non-hydrogen) atoms. The fourth-order valence-corrected chi connectivity index (χ4v) is 2.87. The second-order valence-electron chi connectivity index (χ2n) is 6.54. The van der Waals surface area contributed by atoms with Crippen LogP contribution in [0.3, 0.4) is 0 Å². The van der Waals surface area contributed by atoms with E-state index in [0.29, 0.717) is 29.3 Å². The van der Waals surface area contributed by atoms with Crippen LogP contribution in [0.25, 0.3) is 33.8 Å².